The highest BCUT2D eigenvalue weighted by Gasteiger charge is 2.22. The number of piperazine rings is 1. The molecule has 0 bridgehead atoms. The Kier molecular flexibility index (Phi) is 7.36. The van der Waals surface area contributed by atoms with Crippen LogP contribution in [0.4, 0.5) is 5.69 Å². The molecule has 1 saturated heterocycles. The lowest BCUT2D eigenvalue weighted by Gasteiger charge is -2.34. The Bertz CT molecular complexity index is 821. The van der Waals surface area contributed by atoms with E-state index in [1.54, 1.807) is 36.0 Å². The van der Waals surface area contributed by atoms with E-state index >= 15 is 0 Å². The van der Waals surface area contributed by atoms with E-state index in [2.05, 4.69) is 10.2 Å². The Labute approximate surface area is 175 Å². The number of carbonyl (C=O) groups is 2. The number of benzene rings is 2. The van der Waals surface area contributed by atoms with Gasteiger partial charge < -0.3 is 10.2 Å². The van der Waals surface area contributed by atoms with Gasteiger partial charge in [-0.3, -0.25) is 14.5 Å². The van der Waals surface area contributed by atoms with Gasteiger partial charge in [-0.15, -0.1) is 11.8 Å². The van der Waals surface area contributed by atoms with Crippen LogP contribution in [-0.2, 0) is 4.79 Å². The van der Waals surface area contributed by atoms with E-state index in [9.17, 15) is 9.59 Å². The van der Waals surface area contributed by atoms with E-state index in [1.807, 2.05) is 35.4 Å². The number of nitrogens with zero attached hydrogens (tertiary/aromatic N) is 2. The van der Waals surface area contributed by atoms with Crippen LogP contribution in [0, 0.1) is 0 Å². The fraction of sp³-hybridized carbons (Fsp3) is 0.333. The van der Waals surface area contributed by atoms with Crippen molar-refractivity contribution in [2.75, 3.05) is 44.3 Å². The summed E-state index contributed by atoms with van der Waals surface area (Å²) in [5.41, 5.74) is 1.52. The summed E-state index contributed by atoms with van der Waals surface area (Å²) in [4.78, 5) is 30.0. The first-order valence-electron chi connectivity index (χ1n) is 9.27. The van der Waals surface area contributed by atoms with Crippen molar-refractivity contribution in [2.45, 2.75) is 11.3 Å². The molecule has 1 aliphatic heterocycles. The molecule has 0 spiro atoms. The van der Waals surface area contributed by atoms with Gasteiger partial charge in [-0.25, -0.2) is 0 Å². The van der Waals surface area contributed by atoms with Crippen LogP contribution < -0.4 is 5.32 Å². The topological polar surface area (TPSA) is 52.7 Å². The third-order valence-electron chi connectivity index (χ3n) is 4.79. The fourth-order valence-corrected chi connectivity index (χ4v) is 3.85. The Morgan fingerprint density at radius 2 is 1.71 bits per heavy atom. The molecular formula is C21H24ClN3O2S. The third-order valence-corrected chi connectivity index (χ3v) is 5.83. The van der Waals surface area contributed by atoms with Gasteiger partial charge in [0.25, 0.3) is 5.91 Å². The number of rotatable bonds is 6. The maximum atomic E-state index is 12.5. The SMILES string of the molecule is CSc1ccccc1NC(=O)CCN1CCN(C(=O)c2ccc(Cl)cc2)CC1. The van der Waals surface area contributed by atoms with Crippen molar-refractivity contribution >= 4 is 40.9 Å². The summed E-state index contributed by atoms with van der Waals surface area (Å²) >= 11 is 7.50. The number of hydrogen-bond donors (Lipinski definition) is 1. The van der Waals surface area contributed by atoms with Crippen LogP contribution in [0.15, 0.2) is 53.4 Å². The summed E-state index contributed by atoms with van der Waals surface area (Å²) in [7, 11) is 0. The molecule has 2 amide bonds. The molecule has 0 radical (unpaired) electrons. The largest absolute Gasteiger partial charge is 0.336 e. The Morgan fingerprint density at radius 1 is 1.04 bits per heavy atom. The number of thioether (sulfide) groups is 1. The molecule has 0 saturated carbocycles. The summed E-state index contributed by atoms with van der Waals surface area (Å²) in [6.45, 7) is 3.56. The summed E-state index contributed by atoms with van der Waals surface area (Å²) in [5.74, 6) is 0.0453. The lowest BCUT2D eigenvalue weighted by Crippen LogP contribution is -2.49. The van der Waals surface area contributed by atoms with Crippen LogP contribution in [0.1, 0.15) is 16.8 Å². The standard InChI is InChI=1S/C21H24ClN3O2S/c1-28-19-5-3-2-4-18(19)23-20(26)10-11-24-12-14-25(15-13-24)21(27)16-6-8-17(22)9-7-16/h2-9H,10-15H2,1H3,(H,23,26). The quantitative estimate of drug-likeness (QED) is 0.725. The summed E-state index contributed by atoms with van der Waals surface area (Å²) in [6, 6.07) is 14.8. The molecule has 1 fully saturated rings. The Hall–Kier alpha value is -2.02. The van der Waals surface area contributed by atoms with E-state index in [1.165, 1.54) is 0 Å². The van der Waals surface area contributed by atoms with E-state index in [-0.39, 0.29) is 11.8 Å². The first-order chi connectivity index (χ1) is 13.6. The highest BCUT2D eigenvalue weighted by molar-refractivity contribution is 7.98. The summed E-state index contributed by atoms with van der Waals surface area (Å²) in [5, 5.41) is 3.62. The second-order valence-corrected chi connectivity index (χ2v) is 7.92. The predicted octanol–water partition coefficient (Wildman–Crippen LogP) is 3.85. The monoisotopic (exact) mass is 417 g/mol. The first-order valence-corrected chi connectivity index (χ1v) is 10.9. The van der Waals surface area contributed by atoms with Crippen molar-refractivity contribution in [1.82, 2.24) is 9.80 Å². The number of hydrogen-bond acceptors (Lipinski definition) is 4. The zero-order valence-corrected chi connectivity index (χ0v) is 17.4. The summed E-state index contributed by atoms with van der Waals surface area (Å²) in [6.07, 6.45) is 2.43. The second kappa shape index (κ2) is 9.96. The van der Waals surface area contributed by atoms with Crippen LogP contribution >= 0.6 is 23.4 Å². The van der Waals surface area contributed by atoms with Crippen LogP contribution in [0.5, 0.6) is 0 Å². The van der Waals surface area contributed by atoms with E-state index < -0.39 is 0 Å². The summed E-state index contributed by atoms with van der Waals surface area (Å²) < 4.78 is 0. The lowest BCUT2D eigenvalue weighted by atomic mass is 10.2. The fourth-order valence-electron chi connectivity index (χ4n) is 3.17. The second-order valence-electron chi connectivity index (χ2n) is 6.64. The Morgan fingerprint density at radius 3 is 2.39 bits per heavy atom. The number of anilines is 1. The molecule has 1 heterocycles. The molecule has 0 aromatic heterocycles. The zero-order valence-electron chi connectivity index (χ0n) is 15.9. The molecule has 0 aliphatic carbocycles. The van der Waals surface area contributed by atoms with Gasteiger partial charge in [0.15, 0.2) is 0 Å². The third kappa shape index (κ3) is 5.50. The molecule has 0 atom stereocenters. The van der Waals surface area contributed by atoms with Crippen LogP contribution in [0.3, 0.4) is 0 Å². The molecule has 2 aromatic carbocycles. The van der Waals surface area contributed by atoms with Gasteiger partial charge in [-0.05, 0) is 42.7 Å². The Balaban J connectivity index is 1.43. The van der Waals surface area contributed by atoms with E-state index in [0.29, 0.717) is 36.6 Å². The molecular weight excluding hydrogens is 394 g/mol. The van der Waals surface area contributed by atoms with Gasteiger partial charge in [0.2, 0.25) is 5.91 Å². The first kappa shape index (κ1) is 20.7. The predicted molar refractivity (Wildman–Crippen MR) is 115 cm³/mol. The number of para-hydroxylation sites is 1. The van der Waals surface area contributed by atoms with Crippen LogP contribution in [-0.4, -0.2) is 60.6 Å². The molecule has 3 rings (SSSR count). The van der Waals surface area contributed by atoms with Crippen LogP contribution in [0.2, 0.25) is 5.02 Å². The number of nitrogens with one attached hydrogen (secondary N) is 1. The minimum absolute atomic E-state index is 0.0150. The molecule has 5 nitrogen and oxygen atoms in total. The van der Waals surface area contributed by atoms with Gasteiger partial charge in [-0.1, -0.05) is 23.7 Å². The highest BCUT2D eigenvalue weighted by Crippen LogP contribution is 2.24. The normalized spacial score (nSPS) is 14.7. The average molecular weight is 418 g/mol. The lowest BCUT2D eigenvalue weighted by molar-refractivity contribution is -0.116. The van der Waals surface area contributed by atoms with Crippen molar-refractivity contribution < 1.29 is 9.59 Å². The van der Waals surface area contributed by atoms with Gasteiger partial charge in [-0.2, -0.15) is 0 Å². The molecule has 7 heteroatoms. The van der Waals surface area contributed by atoms with Crippen LogP contribution in [0.25, 0.3) is 0 Å². The minimum atomic E-state index is 0.0150. The number of halogens is 1. The number of carbonyl (C=O) groups excluding carboxylic acids is 2. The van der Waals surface area contributed by atoms with E-state index in [0.717, 1.165) is 23.7 Å². The molecule has 1 N–H and O–H groups in total. The minimum Gasteiger partial charge on any atom is -0.336 e. The van der Waals surface area contributed by atoms with Crippen molar-refractivity contribution in [3.63, 3.8) is 0 Å². The van der Waals surface area contributed by atoms with Gasteiger partial charge in [0, 0.05) is 54.6 Å². The smallest absolute Gasteiger partial charge is 0.253 e. The maximum absolute atomic E-state index is 12.5. The van der Waals surface area contributed by atoms with Gasteiger partial charge >= 0.3 is 0 Å². The molecule has 148 valence electrons. The molecule has 0 unspecified atom stereocenters. The van der Waals surface area contributed by atoms with Crippen molar-refractivity contribution in [3.8, 4) is 0 Å². The van der Waals surface area contributed by atoms with Crippen molar-refractivity contribution in [1.29, 1.82) is 0 Å². The molecule has 2 aromatic rings. The average Bonchev–Trinajstić information content (AvgIpc) is 2.73. The number of amides is 2. The zero-order chi connectivity index (χ0) is 19.9. The van der Waals surface area contributed by atoms with Crippen molar-refractivity contribution in [3.05, 3.63) is 59.1 Å². The van der Waals surface area contributed by atoms with Gasteiger partial charge in [0.05, 0.1) is 5.69 Å². The molecule has 28 heavy (non-hydrogen) atoms. The highest BCUT2D eigenvalue weighted by atomic mass is 35.5. The van der Waals surface area contributed by atoms with Gasteiger partial charge in [0.1, 0.15) is 0 Å². The van der Waals surface area contributed by atoms with Crippen molar-refractivity contribution in [2.24, 2.45) is 0 Å². The van der Waals surface area contributed by atoms with E-state index in [4.69, 9.17) is 11.6 Å². The maximum Gasteiger partial charge on any atom is 0.253 e. The molecule has 1 aliphatic rings.